The molecule has 7 nitrogen and oxygen atoms in total. The topological polar surface area (TPSA) is 72.7 Å². The maximum Gasteiger partial charge on any atom is 0.191 e. The number of hydrogen-bond donors (Lipinski definition) is 2. The van der Waals surface area contributed by atoms with Crippen LogP contribution in [-0.2, 0) is 23.7 Å². The van der Waals surface area contributed by atoms with E-state index in [0.717, 1.165) is 35.8 Å². The summed E-state index contributed by atoms with van der Waals surface area (Å²) < 4.78 is 13.1. The molecule has 1 aliphatic rings. The molecule has 2 heterocycles. The molecule has 1 aromatic carbocycles. The summed E-state index contributed by atoms with van der Waals surface area (Å²) in [5.41, 5.74) is 2.05. The van der Waals surface area contributed by atoms with Crippen LogP contribution in [0.1, 0.15) is 24.1 Å². The van der Waals surface area contributed by atoms with E-state index in [0.29, 0.717) is 31.3 Å². The Morgan fingerprint density at radius 3 is 2.69 bits per heavy atom. The number of halogens is 2. The van der Waals surface area contributed by atoms with Crippen LogP contribution in [0.2, 0.25) is 5.02 Å². The summed E-state index contributed by atoms with van der Waals surface area (Å²) in [4.78, 5) is 4.36. The van der Waals surface area contributed by atoms with E-state index in [1.807, 2.05) is 36.0 Å². The Morgan fingerprint density at radius 2 is 2.07 bits per heavy atom. The predicted molar refractivity (Wildman–Crippen MR) is 127 cm³/mol. The van der Waals surface area contributed by atoms with E-state index in [9.17, 15) is 0 Å². The zero-order valence-corrected chi connectivity index (χ0v) is 20.2. The molecule has 3 rings (SSSR count). The Hall–Kier alpha value is -1.52. The van der Waals surface area contributed by atoms with Crippen molar-refractivity contribution in [3.8, 4) is 5.75 Å². The van der Waals surface area contributed by atoms with Crippen LogP contribution in [0, 0.1) is 0 Å². The van der Waals surface area contributed by atoms with Gasteiger partial charge in [-0.2, -0.15) is 5.10 Å². The minimum absolute atomic E-state index is 0. The molecule has 0 bridgehead atoms. The normalized spacial score (nSPS) is 16.1. The van der Waals surface area contributed by atoms with Crippen molar-refractivity contribution in [3.63, 3.8) is 0 Å². The Labute approximate surface area is 194 Å². The first-order valence-electron chi connectivity index (χ1n) is 9.41. The molecule has 0 spiro atoms. The van der Waals surface area contributed by atoms with Crippen LogP contribution >= 0.6 is 35.6 Å². The molecule has 160 valence electrons. The minimum Gasteiger partial charge on any atom is -0.496 e. The van der Waals surface area contributed by atoms with Crippen molar-refractivity contribution < 1.29 is 9.47 Å². The summed E-state index contributed by atoms with van der Waals surface area (Å²) in [6.07, 6.45) is 3.56. The van der Waals surface area contributed by atoms with Gasteiger partial charge in [0.05, 0.1) is 19.3 Å². The second-order valence-electron chi connectivity index (χ2n) is 6.96. The third-order valence-electron chi connectivity index (χ3n) is 5.36. The molecule has 0 amide bonds. The van der Waals surface area contributed by atoms with Crippen molar-refractivity contribution >= 4 is 41.5 Å². The van der Waals surface area contributed by atoms with E-state index in [4.69, 9.17) is 21.1 Å². The van der Waals surface area contributed by atoms with Gasteiger partial charge in [-0.15, -0.1) is 24.0 Å². The number of aryl methyl sites for hydroxylation is 1. The van der Waals surface area contributed by atoms with Crippen molar-refractivity contribution in [1.82, 2.24) is 20.4 Å². The minimum atomic E-state index is -0.140. The lowest BCUT2D eigenvalue weighted by molar-refractivity contribution is 0.0505. The van der Waals surface area contributed by atoms with Gasteiger partial charge in [0.2, 0.25) is 0 Å². The highest BCUT2D eigenvalue weighted by Crippen LogP contribution is 2.40. The van der Waals surface area contributed by atoms with E-state index in [1.54, 1.807) is 20.4 Å². The summed E-state index contributed by atoms with van der Waals surface area (Å²) in [5.74, 6) is 1.60. The summed E-state index contributed by atoms with van der Waals surface area (Å²) in [5, 5.41) is 11.7. The van der Waals surface area contributed by atoms with E-state index < -0.39 is 0 Å². The average Bonchev–Trinajstić information content (AvgIpc) is 3.13. The van der Waals surface area contributed by atoms with Crippen molar-refractivity contribution in [2.45, 2.75) is 24.8 Å². The van der Waals surface area contributed by atoms with Gasteiger partial charge in [0, 0.05) is 56.1 Å². The number of ether oxygens (including phenoxy) is 2. The molecule has 2 aromatic rings. The Morgan fingerprint density at radius 1 is 1.31 bits per heavy atom. The van der Waals surface area contributed by atoms with Crippen LogP contribution in [0.25, 0.3) is 0 Å². The largest absolute Gasteiger partial charge is 0.496 e. The van der Waals surface area contributed by atoms with Crippen LogP contribution < -0.4 is 15.4 Å². The number of aliphatic imine (C=N–C) groups is 1. The van der Waals surface area contributed by atoms with Crippen molar-refractivity contribution in [2.75, 3.05) is 33.9 Å². The van der Waals surface area contributed by atoms with Gasteiger partial charge in [0.25, 0.3) is 0 Å². The molecule has 2 N–H and O–H groups in total. The SMILES string of the molecule is CN=C(NCc1ccnn1C)NCC1(c2cc(Cl)ccc2OC)CCOCC1.I. The van der Waals surface area contributed by atoms with Crippen LogP contribution in [0.4, 0.5) is 0 Å². The molecule has 1 aliphatic heterocycles. The van der Waals surface area contributed by atoms with Crippen molar-refractivity contribution in [1.29, 1.82) is 0 Å². The molecular weight excluding hydrogens is 505 g/mol. The van der Waals surface area contributed by atoms with E-state index >= 15 is 0 Å². The highest BCUT2D eigenvalue weighted by molar-refractivity contribution is 14.0. The zero-order chi connectivity index (χ0) is 20.0. The monoisotopic (exact) mass is 533 g/mol. The predicted octanol–water partition coefficient (Wildman–Crippen LogP) is 3.11. The number of aromatic nitrogens is 2. The van der Waals surface area contributed by atoms with Gasteiger partial charge in [-0.05, 0) is 37.1 Å². The molecule has 0 atom stereocenters. The van der Waals surface area contributed by atoms with Gasteiger partial charge >= 0.3 is 0 Å². The summed E-state index contributed by atoms with van der Waals surface area (Å²) in [6.45, 7) is 2.77. The zero-order valence-electron chi connectivity index (χ0n) is 17.1. The number of rotatable bonds is 6. The highest BCUT2D eigenvalue weighted by Gasteiger charge is 2.37. The van der Waals surface area contributed by atoms with Crippen LogP contribution in [-0.4, -0.2) is 49.7 Å². The fraction of sp³-hybridized carbons (Fsp3) is 0.500. The molecule has 1 saturated heterocycles. The first-order valence-corrected chi connectivity index (χ1v) is 9.79. The first-order chi connectivity index (χ1) is 13.6. The molecule has 0 radical (unpaired) electrons. The molecule has 9 heteroatoms. The van der Waals surface area contributed by atoms with Crippen LogP contribution in [0.5, 0.6) is 5.75 Å². The average molecular weight is 534 g/mol. The lowest BCUT2D eigenvalue weighted by atomic mass is 9.73. The number of hydrogen-bond acceptors (Lipinski definition) is 4. The van der Waals surface area contributed by atoms with E-state index in [2.05, 4.69) is 20.7 Å². The third-order valence-corrected chi connectivity index (χ3v) is 5.60. The molecule has 29 heavy (non-hydrogen) atoms. The fourth-order valence-corrected chi connectivity index (χ4v) is 3.79. The Bertz CT molecular complexity index is 821. The highest BCUT2D eigenvalue weighted by atomic mass is 127. The van der Waals surface area contributed by atoms with Gasteiger partial charge in [-0.25, -0.2) is 0 Å². The number of methoxy groups -OCH3 is 1. The second kappa shape index (κ2) is 11.0. The van der Waals surface area contributed by atoms with E-state index in [1.165, 1.54) is 0 Å². The van der Waals surface area contributed by atoms with Gasteiger partial charge < -0.3 is 20.1 Å². The number of nitrogens with one attached hydrogen (secondary N) is 2. The smallest absolute Gasteiger partial charge is 0.191 e. The molecular formula is C20H29ClIN5O2. The second-order valence-corrected chi connectivity index (χ2v) is 7.40. The van der Waals surface area contributed by atoms with Crippen molar-refractivity contribution in [2.24, 2.45) is 12.0 Å². The summed E-state index contributed by atoms with van der Waals surface area (Å²) >= 11 is 6.32. The standard InChI is InChI=1S/C20H28ClN5O2.HI/c1-22-19(23-13-16-6-9-25-26(16)2)24-14-20(7-10-28-11-8-20)17-12-15(21)4-5-18(17)27-3;/h4-6,9,12H,7-8,10-11,13-14H2,1-3H3,(H2,22,23,24);1H. The quantitative estimate of drug-likeness (QED) is 0.339. The third kappa shape index (κ3) is 5.76. The molecule has 1 fully saturated rings. The molecule has 1 aromatic heterocycles. The summed E-state index contributed by atoms with van der Waals surface area (Å²) in [6, 6.07) is 7.79. The van der Waals surface area contributed by atoms with Gasteiger partial charge in [0.1, 0.15) is 5.75 Å². The number of benzene rings is 1. The van der Waals surface area contributed by atoms with Gasteiger partial charge in [-0.3, -0.25) is 9.67 Å². The summed E-state index contributed by atoms with van der Waals surface area (Å²) in [7, 11) is 5.40. The van der Waals surface area contributed by atoms with Crippen molar-refractivity contribution in [3.05, 3.63) is 46.7 Å². The number of guanidine groups is 1. The van der Waals surface area contributed by atoms with Crippen LogP contribution in [0.15, 0.2) is 35.5 Å². The molecule has 0 aliphatic carbocycles. The first kappa shape index (κ1) is 23.8. The maximum absolute atomic E-state index is 6.32. The lowest BCUT2D eigenvalue weighted by Crippen LogP contribution is -2.48. The fourth-order valence-electron chi connectivity index (χ4n) is 3.62. The lowest BCUT2D eigenvalue weighted by Gasteiger charge is -2.39. The molecule has 0 saturated carbocycles. The Balaban J connectivity index is 0.00000300. The number of nitrogens with zero attached hydrogens (tertiary/aromatic N) is 3. The van der Waals surface area contributed by atoms with Gasteiger partial charge in [-0.1, -0.05) is 11.6 Å². The Kier molecular flexibility index (Phi) is 9.04. The molecule has 0 unspecified atom stereocenters. The van der Waals surface area contributed by atoms with Gasteiger partial charge in [0.15, 0.2) is 5.96 Å². The van der Waals surface area contributed by atoms with Crippen LogP contribution in [0.3, 0.4) is 0 Å². The maximum atomic E-state index is 6.32. The van der Waals surface area contributed by atoms with E-state index in [-0.39, 0.29) is 29.4 Å².